The summed E-state index contributed by atoms with van der Waals surface area (Å²) >= 11 is 1.90. The SMILES string of the molecule is Cc1cc(F)c(N2CCNCC2)cc1SCC1CC1. The van der Waals surface area contributed by atoms with E-state index >= 15 is 0 Å². The molecule has 1 aromatic rings. The third-order valence-electron chi connectivity index (χ3n) is 3.87. The summed E-state index contributed by atoms with van der Waals surface area (Å²) in [6.07, 6.45) is 2.75. The Hall–Kier alpha value is -0.740. The minimum absolute atomic E-state index is 0.0739. The summed E-state index contributed by atoms with van der Waals surface area (Å²) < 4.78 is 14.2. The van der Waals surface area contributed by atoms with Gasteiger partial charge in [-0.25, -0.2) is 4.39 Å². The highest BCUT2D eigenvalue weighted by atomic mass is 32.2. The number of nitrogens with one attached hydrogen (secondary N) is 1. The van der Waals surface area contributed by atoms with Crippen LogP contribution in [0.15, 0.2) is 17.0 Å². The Morgan fingerprint density at radius 3 is 2.74 bits per heavy atom. The Morgan fingerprint density at radius 1 is 1.32 bits per heavy atom. The van der Waals surface area contributed by atoms with E-state index in [0.29, 0.717) is 0 Å². The molecule has 1 aromatic carbocycles. The van der Waals surface area contributed by atoms with Gasteiger partial charge in [0.1, 0.15) is 5.82 Å². The van der Waals surface area contributed by atoms with Gasteiger partial charge in [-0.05, 0) is 43.4 Å². The number of thioether (sulfide) groups is 1. The van der Waals surface area contributed by atoms with Crippen molar-refractivity contribution in [1.82, 2.24) is 5.32 Å². The highest BCUT2D eigenvalue weighted by Crippen LogP contribution is 2.37. The van der Waals surface area contributed by atoms with Crippen molar-refractivity contribution in [3.63, 3.8) is 0 Å². The predicted octanol–water partition coefficient (Wildman–Crippen LogP) is 3.05. The van der Waals surface area contributed by atoms with Gasteiger partial charge < -0.3 is 10.2 Å². The summed E-state index contributed by atoms with van der Waals surface area (Å²) in [5.74, 6) is 2.01. The Kier molecular flexibility index (Phi) is 3.99. The first-order chi connectivity index (χ1) is 9.24. The van der Waals surface area contributed by atoms with E-state index in [1.165, 1.54) is 23.5 Å². The molecule has 2 aliphatic rings. The van der Waals surface area contributed by atoms with Gasteiger partial charge in [-0.15, -0.1) is 11.8 Å². The van der Waals surface area contributed by atoms with Crippen LogP contribution < -0.4 is 10.2 Å². The first kappa shape index (κ1) is 13.3. The summed E-state index contributed by atoms with van der Waals surface area (Å²) in [7, 11) is 0. The van der Waals surface area contributed by atoms with Crippen LogP contribution in [0.2, 0.25) is 0 Å². The number of nitrogens with zero attached hydrogens (tertiary/aromatic N) is 1. The molecule has 0 atom stereocenters. The van der Waals surface area contributed by atoms with Crippen molar-refractivity contribution in [3.05, 3.63) is 23.5 Å². The molecule has 2 fully saturated rings. The second kappa shape index (κ2) is 5.71. The van der Waals surface area contributed by atoms with Crippen LogP contribution in [0.3, 0.4) is 0 Å². The van der Waals surface area contributed by atoms with Gasteiger partial charge in [0.25, 0.3) is 0 Å². The molecule has 1 N–H and O–H groups in total. The molecule has 3 rings (SSSR count). The van der Waals surface area contributed by atoms with Crippen LogP contribution in [-0.4, -0.2) is 31.9 Å². The summed E-state index contributed by atoms with van der Waals surface area (Å²) in [5, 5.41) is 3.31. The lowest BCUT2D eigenvalue weighted by Crippen LogP contribution is -2.43. The van der Waals surface area contributed by atoms with E-state index in [2.05, 4.69) is 16.3 Å². The average molecular weight is 280 g/mol. The van der Waals surface area contributed by atoms with Gasteiger partial charge >= 0.3 is 0 Å². The molecule has 1 heterocycles. The quantitative estimate of drug-likeness (QED) is 0.853. The van der Waals surface area contributed by atoms with E-state index in [1.807, 2.05) is 18.7 Å². The van der Waals surface area contributed by atoms with Crippen LogP contribution in [0.4, 0.5) is 10.1 Å². The largest absolute Gasteiger partial charge is 0.367 e. The van der Waals surface area contributed by atoms with Crippen molar-refractivity contribution < 1.29 is 4.39 Å². The Labute approximate surface area is 118 Å². The summed E-state index contributed by atoms with van der Waals surface area (Å²) in [5.41, 5.74) is 1.85. The molecule has 0 radical (unpaired) electrons. The van der Waals surface area contributed by atoms with Gasteiger partial charge in [0, 0.05) is 36.8 Å². The van der Waals surface area contributed by atoms with Crippen molar-refractivity contribution in [1.29, 1.82) is 0 Å². The third kappa shape index (κ3) is 3.23. The number of hydrogen-bond acceptors (Lipinski definition) is 3. The van der Waals surface area contributed by atoms with Crippen LogP contribution in [0.5, 0.6) is 0 Å². The van der Waals surface area contributed by atoms with Crippen LogP contribution in [0.25, 0.3) is 0 Å². The highest BCUT2D eigenvalue weighted by molar-refractivity contribution is 7.99. The molecule has 4 heteroatoms. The molecular formula is C15H21FN2S. The molecule has 1 saturated heterocycles. The zero-order chi connectivity index (χ0) is 13.2. The van der Waals surface area contributed by atoms with Gasteiger partial charge in [-0.2, -0.15) is 0 Å². The highest BCUT2D eigenvalue weighted by Gasteiger charge is 2.22. The fourth-order valence-corrected chi connectivity index (χ4v) is 3.67. The third-order valence-corrected chi connectivity index (χ3v) is 5.26. The van der Waals surface area contributed by atoms with E-state index in [1.54, 1.807) is 6.07 Å². The second-order valence-corrected chi connectivity index (χ2v) is 6.62. The first-order valence-electron chi connectivity index (χ1n) is 7.12. The summed E-state index contributed by atoms with van der Waals surface area (Å²) in [4.78, 5) is 3.41. The van der Waals surface area contributed by atoms with Crippen molar-refractivity contribution in [3.8, 4) is 0 Å². The minimum atomic E-state index is -0.0739. The number of anilines is 1. The molecule has 19 heavy (non-hydrogen) atoms. The molecule has 1 saturated carbocycles. The number of rotatable bonds is 4. The van der Waals surface area contributed by atoms with Crippen LogP contribution in [0.1, 0.15) is 18.4 Å². The summed E-state index contributed by atoms with van der Waals surface area (Å²) in [6.45, 7) is 5.69. The van der Waals surface area contributed by atoms with E-state index in [4.69, 9.17) is 0 Å². The lowest BCUT2D eigenvalue weighted by atomic mass is 10.2. The smallest absolute Gasteiger partial charge is 0.146 e. The maximum atomic E-state index is 14.2. The summed E-state index contributed by atoms with van der Waals surface area (Å²) in [6, 6.07) is 3.76. The Morgan fingerprint density at radius 2 is 2.05 bits per heavy atom. The van der Waals surface area contributed by atoms with E-state index in [0.717, 1.165) is 43.3 Å². The predicted molar refractivity (Wildman–Crippen MR) is 79.7 cm³/mol. The maximum absolute atomic E-state index is 14.2. The van der Waals surface area contributed by atoms with Gasteiger partial charge in [-0.3, -0.25) is 0 Å². The van der Waals surface area contributed by atoms with Crippen molar-refractivity contribution in [2.24, 2.45) is 5.92 Å². The van der Waals surface area contributed by atoms with E-state index in [-0.39, 0.29) is 5.82 Å². The lowest BCUT2D eigenvalue weighted by molar-refractivity contribution is 0.565. The topological polar surface area (TPSA) is 15.3 Å². The van der Waals surface area contributed by atoms with Gasteiger partial charge in [-0.1, -0.05) is 0 Å². The molecule has 1 aliphatic heterocycles. The van der Waals surface area contributed by atoms with Gasteiger partial charge in [0.15, 0.2) is 0 Å². The molecule has 0 spiro atoms. The Balaban J connectivity index is 1.78. The van der Waals surface area contributed by atoms with Crippen molar-refractivity contribution >= 4 is 17.4 Å². The van der Waals surface area contributed by atoms with Crippen molar-refractivity contribution in [2.75, 3.05) is 36.8 Å². The molecule has 104 valence electrons. The number of piperazine rings is 1. The zero-order valence-corrected chi connectivity index (χ0v) is 12.2. The molecular weight excluding hydrogens is 259 g/mol. The monoisotopic (exact) mass is 280 g/mol. The fraction of sp³-hybridized carbons (Fsp3) is 0.600. The number of aryl methyl sites for hydroxylation is 1. The average Bonchev–Trinajstić information content (AvgIpc) is 3.23. The Bertz CT molecular complexity index is 454. The van der Waals surface area contributed by atoms with E-state index < -0.39 is 0 Å². The second-order valence-electron chi connectivity index (χ2n) is 5.56. The molecule has 0 bridgehead atoms. The maximum Gasteiger partial charge on any atom is 0.146 e. The molecule has 0 aromatic heterocycles. The van der Waals surface area contributed by atoms with Crippen molar-refractivity contribution in [2.45, 2.75) is 24.7 Å². The van der Waals surface area contributed by atoms with E-state index in [9.17, 15) is 4.39 Å². The molecule has 1 aliphatic carbocycles. The number of hydrogen-bond donors (Lipinski definition) is 1. The number of benzene rings is 1. The van der Waals surface area contributed by atoms with Crippen LogP contribution in [-0.2, 0) is 0 Å². The van der Waals surface area contributed by atoms with Crippen LogP contribution in [0, 0.1) is 18.7 Å². The zero-order valence-electron chi connectivity index (χ0n) is 11.4. The molecule has 0 amide bonds. The van der Waals surface area contributed by atoms with Crippen LogP contribution >= 0.6 is 11.8 Å². The fourth-order valence-electron chi connectivity index (χ4n) is 2.44. The van der Waals surface area contributed by atoms with Gasteiger partial charge in [0.2, 0.25) is 0 Å². The standard InChI is InChI=1S/C15H21FN2S/c1-11-8-13(16)14(18-6-4-17-5-7-18)9-15(11)19-10-12-2-3-12/h8-9,12,17H,2-7,10H2,1H3. The first-order valence-corrected chi connectivity index (χ1v) is 8.11. The molecule has 2 nitrogen and oxygen atoms in total. The minimum Gasteiger partial charge on any atom is -0.367 e. The number of halogens is 1. The van der Waals surface area contributed by atoms with Gasteiger partial charge in [0.05, 0.1) is 5.69 Å². The lowest BCUT2D eigenvalue weighted by Gasteiger charge is -2.30. The molecule has 0 unspecified atom stereocenters. The normalized spacial score (nSPS) is 19.8.